The van der Waals surface area contributed by atoms with Gasteiger partial charge in [0.15, 0.2) is 0 Å². The van der Waals surface area contributed by atoms with Gasteiger partial charge in [-0.2, -0.15) is 0 Å². The first-order valence-electron chi connectivity index (χ1n) is 4.74. The molecular weight excluding hydrogens is 162 g/mol. The first-order chi connectivity index (χ1) is 6.27. The van der Waals surface area contributed by atoms with Crippen molar-refractivity contribution in [1.29, 1.82) is 0 Å². The Morgan fingerprint density at radius 2 is 2.62 bits per heavy atom. The maximum Gasteiger partial charge on any atom is 0.247 e. The number of terminal acetylenes is 1. The van der Waals surface area contributed by atoms with E-state index in [1.807, 2.05) is 13.0 Å². The lowest BCUT2D eigenvalue weighted by Crippen LogP contribution is -2.33. The summed E-state index contributed by atoms with van der Waals surface area (Å²) in [5.74, 6) is 2.56. The summed E-state index contributed by atoms with van der Waals surface area (Å²) in [4.78, 5) is 11.5. The fraction of sp³-hybridized carbons (Fsp3) is 0.545. The van der Waals surface area contributed by atoms with Crippen LogP contribution in [0.1, 0.15) is 32.6 Å². The highest BCUT2D eigenvalue weighted by Crippen LogP contribution is 2.17. The summed E-state index contributed by atoms with van der Waals surface area (Å²) in [6.45, 7) is 1.97. The predicted octanol–water partition coefficient (Wildman–Crippen LogP) is 1.62. The van der Waals surface area contributed by atoms with E-state index >= 15 is 0 Å². The molecule has 0 fully saturated rings. The van der Waals surface area contributed by atoms with Gasteiger partial charge in [0.25, 0.3) is 0 Å². The highest BCUT2D eigenvalue weighted by molar-refractivity contribution is 5.94. The molecule has 0 radical (unpaired) electrons. The lowest BCUT2D eigenvalue weighted by molar-refractivity contribution is -0.117. The average molecular weight is 177 g/mol. The van der Waals surface area contributed by atoms with Gasteiger partial charge in [-0.1, -0.05) is 18.9 Å². The van der Waals surface area contributed by atoms with Gasteiger partial charge < -0.3 is 5.32 Å². The molecule has 0 aromatic carbocycles. The fourth-order valence-electron chi connectivity index (χ4n) is 1.39. The molecule has 1 unspecified atom stereocenters. The second-order valence-electron chi connectivity index (χ2n) is 3.22. The van der Waals surface area contributed by atoms with Gasteiger partial charge in [0.05, 0.1) is 6.04 Å². The molecule has 0 aromatic rings. The van der Waals surface area contributed by atoms with Crippen molar-refractivity contribution in [2.75, 3.05) is 0 Å². The van der Waals surface area contributed by atoms with Crippen LogP contribution in [0.15, 0.2) is 11.6 Å². The molecule has 0 saturated heterocycles. The molecule has 1 N–H and O–H groups in total. The third-order valence-corrected chi connectivity index (χ3v) is 2.25. The van der Waals surface area contributed by atoms with E-state index in [1.54, 1.807) is 0 Å². The predicted molar refractivity (Wildman–Crippen MR) is 53.0 cm³/mol. The van der Waals surface area contributed by atoms with Gasteiger partial charge in [0.2, 0.25) is 5.91 Å². The number of nitrogens with one attached hydrogen (secondary N) is 1. The van der Waals surface area contributed by atoms with E-state index in [2.05, 4.69) is 11.2 Å². The lowest BCUT2D eigenvalue weighted by atomic mass is 10.2. The second kappa shape index (κ2) is 4.71. The zero-order valence-electron chi connectivity index (χ0n) is 7.97. The van der Waals surface area contributed by atoms with Gasteiger partial charge in [-0.05, 0) is 25.7 Å². The molecular formula is C11H15NO. The van der Waals surface area contributed by atoms with Gasteiger partial charge >= 0.3 is 0 Å². The van der Waals surface area contributed by atoms with Crippen LogP contribution in [0.5, 0.6) is 0 Å². The average Bonchev–Trinajstić information content (AvgIpc) is 2.66. The van der Waals surface area contributed by atoms with Crippen LogP contribution in [0.25, 0.3) is 0 Å². The Morgan fingerprint density at radius 3 is 3.08 bits per heavy atom. The molecule has 0 spiro atoms. The highest BCUT2D eigenvalue weighted by atomic mass is 16.1. The molecule has 70 valence electrons. The van der Waals surface area contributed by atoms with Crippen molar-refractivity contribution in [3.63, 3.8) is 0 Å². The van der Waals surface area contributed by atoms with Crippen LogP contribution in [-0.2, 0) is 4.79 Å². The van der Waals surface area contributed by atoms with Gasteiger partial charge in [-0.15, -0.1) is 6.42 Å². The molecule has 1 atom stereocenters. The van der Waals surface area contributed by atoms with Crippen LogP contribution in [0.2, 0.25) is 0 Å². The van der Waals surface area contributed by atoms with Crippen molar-refractivity contribution < 1.29 is 4.79 Å². The van der Waals surface area contributed by atoms with Crippen molar-refractivity contribution >= 4 is 5.91 Å². The molecule has 2 nitrogen and oxygen atoms in total. The molecule has 2 heteroatoms. The molecule has 0 bridgehead atoms. The number of carbonyl (C=O) groups excluding carboxylic acids is 1. The lowest BCUT2D eigenvalue weighted by Gasteiger charge is -2.10. The molecule has 0 aromatic heterocycles. The summed E-state index contributed by atoms with van der Waals surface area (Å²) >= 11 is 0. The van der Waals surface area contributed by atoms with Crippen molar-refractivity contribution in [2.45, 2.75) is 38.6 Å². The van der Waals surface area contributed by atoms with Crippen LogP contribution in [0.4, 0.5) is 0 Å². The van der Waals surface area contributed by atoms with Crippen molar-refractivity contribution in [3.8, 4) is 12.3 Å². The highest BCUT2D eigenvalue weighted by Gasteiger charge is 2.14. The molecule has 1 aliphatic carbocycles. The molecule has 1 aliphatic rings. The summed E-state index contributed by atoms with van der Waals surface area (Å²) in [5.41, 5.74) is 0.897. The van der Waals surface area contributed by atoms with E-state index in [0.29, 0.717) is 0 Å². The summed E-state index contributed by atoms with van der Waals surface area (Å²) in [6, 6.07) is -0.117. The second-order valence-corrected chi connectivity index (χ2v) is 3.22. The molecule has 1 amide bonds. The van der Waals surface area contributed by atoms with E-state index in [-0.39, 0.29) is 11.9 Å². The van der Waals surface area contributed by atoms with Gasteiger partial charge in [-0.3, -0.25) is 4.79 Å². The third kappa shape index (κ3) is 2.62. The van der Waals surface area contributed by atoms with Crippen LogP contribution < -0.4 is 5.32 Å². The molecule has 0 heterocycles. The number of hydrogen-bond acceptors (Lipinski definition) is 1. The van der Waals surface area contributed by atoms with Crippen molar-refractivity contribution in [3.05, 3.63) is 11.6 Å². The Balaban J connectivity index is 2.45. The van der Waals surface area contributed by atoms with Gasteiger partial charge in [0.1, 0.15) is 0 Å². The molecule has 1 rings (SSSR count). The van der Waals surface area contributed by atoms with Crippen LogP contribution in [0, 0.1) is 12.3 Å². The fourth-order valence-corrected chi connectivity index (χ4v) is 1.39. The number of rotatable bonds is 3. The number of carbonyl (C=O) groups is 1. The van der Waals surface area contributed by atoms with E-state index in [9.17, 15) is 4.79 Å². The minimum absolute atomic E-state index is 0.0160. The summed E-state index contributed by atoms with van der Waals surface area (Å²) in [5, 5.41) is 2.81. The quantitative estimate of drug-likeness (QED) is 0.652. The van der Waals surface area contributed by atoms with Crippen molar-refractivity contribution in [2.24, 2.45) is 0 Å². The van der Waals surface area contributed by atoms with Crippen LogP contribution in [-0.4, -0.2) is 11.9 Å². The minimum atomic E-state index is -0.117. The SMILES string of the molecule is C#CC(CC)NC(=O)C1=CCCC1. The molecule has 0 aliphatic heterocycles. The van der Waals surface area contributed by atoms with Crippen LogP contribution >= 0.6 is 0 Å². The number of amides is 1. The normalized spacial score (nSPS) is 17.4. The summed E-state index contributed by atoms with van der Waals surface area (Å²) in [7, 11) is 0. The zero-order chi connectivity index (χ0) is 9.68. The van der Waals surface area contributed by atoms with E-state index in [1.165, 1.54) is 0 Å². The smallest absolute Gasteiger partial charge is 0.247 e. The Hall–Kier alpha value is -1.23. The maximum absolute atomic E-state index is 11.5. The Labute approximate surface area is 79.4 Å². The Bertz CT molecular complexity index is 260. The summed E-state index contributed by atoms with van der Waals surface area (Å²) < 4.78 is 0. The largest absolute Gasteiger partial charge is 0.339 e. The first-order valence-corrected chi connectivity index (χ1v) is 4.74. The van der Waals surface area contributed by atoms with E-state index < -0.39 is 0 Å². The molecule has 13 heavy (non-hydrogen) atoms. The monoisotopic (exact) mass is 177 g/mol. The Kier molecular flexibility index (Phi) is 3.57. The van der Waals surface area contributed by atoms with Crippen LogP contribution in [0.3, 0.4) is 0 Å². The standard InChI is InChI=1S/C11H15NO/c1-3-10(4-2)12-11(13)9-7-5-6-8-9/h1,7,10H,4-6,8H2,2H3,(H,12,13). The number of hydrogen-bond donors (Lipinski definition) is 1. The number of allylic oxidation sites excluding steroid dienone is 1. The zero-order valence-corrected chi connectivity index (χ0v) is 7.97. The maximum atomic E-state index is 11.5. The minimum Gasteiger partial charge on any atom is -0.339 e. The summed E-state index contributed by atoms with van der Waals surface area (Å²) in [6.07, 6.45) is 11.0. The Morgan fingerprint density at radius 1 is 1.85 bits per heavy atom. The van der Waals surface area contributed by atoms with Gasteiger partial charge in [-0.25, -0.2) is 0 Å². The van der Waals surface area contributed by atoms with E-state index in [4.69, 9.17) is 6.42 Å². The first kappa shape index (κ1) is 9.85. The van der Waals surface area contributed by atoms with E-state index in [0.717, 1.165) is 31.3 Å². The third-order valence-electron chi connectivity index (χ3n) is 2.25. The topological polar surface area (TPSA) is 29.1 Å². The van der Waals surface area contributed by atoms with Crippen molar-refractivity contribution in [1.82, 2.24) is 5.32 Å². The molecule has 0 saturated carbocycles. The van der Waals surface area contributed by atoms with Gasteiger partial charge in [0, 0.05) is 5.57 Å².